The second kappa shape index (κ2) is 8.90. The van der Waals surface area contributed by atoms with Gasteiger partial charge in [0.25, 0.3) is 5.56 Å². The maximum Gasteiger partial charge on any atom is 0.325 e. The zero-order valence-electron chi connectivity index (χ0n) is 16.0. The Bertz CT molecular complexity index is 888. The van der Waals surface area contributed by atoms with Gasteiger partial charge in [0.05, 0.1) is 13.2 Å². The number of nitrogens with zero attached hydrogens (tertiary/aromatic N) is 1. The van der Waals surface area contributed by atoms with Gasteiger partial charge in [-0.2, -0.15) is 0 Å². The summed E-state index contributed by atoms with van der Waals surface area (Å²) < 4.78 is 11.7. The highest BCUT2D eigenvalue weighted by atomic mass is 16.5. The van der Waals surface area contributed by atoms with Gasteiger partial charge in [-0.05, 0) is 25.3 Å². The first-order chi connectivity index (χ1) is 13.1. The lowest BCUT2D eigenvalue weighted by atomic mass is 10.1. The van der Waals surface area contributed by atoms with Crippen LogP contribution in [-0.4, -0.2) is 34.6 Å². The summed E-state index contributed by atoms with van der Waals surface area (Å²) in [4.78, 5) is 30.7. The molecule has 2 N–H and O–H groups in total. The van der Waals surface area contributed by atoms with Crippen molar-refractivity contribution in [1.82, 2.24) is 14.9 Å². The van der Waals surface area contributed by atoms with Crippen molar-refractivity contribution in [2.45, 2.75) is 46.2 Å². The number of hydrogen-bond donors (Lipinski definition) is 2. The normalized spacial score (nSPS) is 14.0. The third-order valence-electron chi connectivity index (χ3n) is 4.56. The molecule has 27 heavy (non-hydrogen) atoms. The van der Waals surface area contributed by atoms with Crippen LogP contribution in [0.1, 0.15) is 43.5 Å². The number of hydrogen-bond acceptors (Lipinski definition) is 5. The van der Waals surface area contributed by atoms with E-state index < -0.39 is 5.69 Å². The SMILES string of the molecule is CCCOc1ccc(CN2CCc3c([nH]c(=O)[nH]c3=O)C2)c(OCCC)c1. The first kappa shape index (κ1) is 19.2. The minimum atomic E-state index is -0.454. The van der Waals surface area contributed by atoms with E-state index in [1.165, 1.54) is 0 Å². The largest absolute Gasteiger partial charge is 0.493 e. The number of nitrogens with one attached hydrogen (secondary N) is 2. The number of aromatic amines is 2. The lowest BCUT2D eigenvalue weighted by Crippen LogP contribution is -2.38. The van der Waals surface area contributed by atoms with Crippen molar-refractivity contribution in [2.24, 2.45) is 0 Å². The summed E-state index contributed by atoms with van der Waals surface area (Å²) in [6.07, 6.45) is 2.50. The molecule has 3 rings (SSSR count). The second-order valence-corrected chi connectivity index (χ2v) is 6.79. The van der Waals surface area contributed by atoms with Crippen LogP contribution >= 0.6 is 0 Å². The number of fused-ring (bicyclic) bond motifs is 1. The minimum Gasteiger partial charge on any atom is -0.493 e. The Kier molecular flexibility index (Phi) is 6.34. The monoisotopic (exact) mass is 373 g/mol. The number of ether oxygens (including phenoxy) is 2. The minimum absolute atomic E-state index is 0.280. The molecular weight excluding hydrogens is 346 g/mol. The molecule has 1 aliphatic rings. The molecule has 7 heteroatoms. The fraction of sp³-hybridized carbons (Fsp3) is 0.500. The maximum atomic E-state index is 11.9. The smallest absolute Gasteiger partial charge is 0.325 e. The van der Waals surface area contributed by atoms with Crippen molar-refractivity contribution >= 4 is 0 Å². The van der Waals surface area contributed by atoms with Crippen molar-refractivity contribution in [2.75, 3.05) is 19.8 Å². The zero-order chi connectivity index (χ0) is 19.2. The van der Waals surface area contributed by atoms with E-state index in [1.54, 1.807) is 0 Å². The van der Waals surface area contributed by atoms with E-state index in [1.807, 2.05) is 18.2 Å². The maximum absolute atomic E-state index is 11.9. The van der Waals surface area contributed by atoms with Gasteiger partial charge in [-0.25, -0.2) is 4.79 Å². The zero-order valence-corrected chi connectivity index (χ0v) is 16.0. The van der Waals surface area contributed by atoms with Crippen LogP contribution in [0.2, 0.25) is 0 Å². The highest BCUT2D eigenvalue weighted by Crippen LogP contribution is 2.28. The molecule has 0 saturated carbocycles. The average Bonchev–Trinajstić information content (AvgIpc) is 2.65. The van der Waals surface area contributed by atoms with E-state index in [9.17, 15) is 9.59 Å². The van der Waals surface area contributed by atoms with Crippen molar-refractivity contribution in [3.05, 3.63) is 55.9 Å². The molecule has 1 aliphatic heterocycles. The first-order valence-corrected chi connectivity index (χ1v) is 9.56. The molecular formula is C20H27N3O4. The first-order valence-electron chi connectivity index (χ1n) is 9.56. The number of aromatic nitrogens is 2. The van der Waals surface area contributed by atoms with Gasteiger partial charge in [0, 0.05) is 42.5 Å². The van der Waals surface area contributed by atoms with Gasteiger partial charge in [0.15, 0.2) is 0 Å². The molecule has 2 heterocycles. The van der Waals surface area contributed by atoms with Gasteiger partial charge in [-0.15, -0.1) is 0 Å². The molecule has 0 aliphatic carbocycles. The Hall–Kier alpha value is -2.54. The summed E-state index contributed by atoms with van der Waals surface area (Å²) in [5.41, 5.74) is 1.72. The molecule has 146 valence electrons. The summed E-state index contributed by atoms with van der Waals surface area (Å²) in [6, 6.07) is 5.95. The highest BCUT2D eigenvalue weighted by Gasteiger charge is 2.21. The number of rotatable bonds is 8. The van der Waals surface area contributed by atoms with Gasteiger partial charge in [-0.3, -0.25) is 14.7 Å². The van der Waals surface area contributed by atoms with E-state index in [2.05, 4.69) is 28.7 Å². The third kappa shape index (κ3) is 4.80. The molecule has 2 aromatic rings. The van der Waals surface area contributed by atoms with Crippen molar-refractivity contribution in [3.8, 4) is 11.5 Å². The lowest BCUT2D eigenvalue weighted by molar-refractivity contribution is 0.232. The van der Waals surface area contributed by atoms with Crippen LogP contribution < -0.4 is 20.7 Å². The summed E-state index contributed by atoms with van der Waals surface area (Å²) >= 11 is 0. The highest BCUT2D eigenvalue weighted by molar-refractivity contribution is 5.41. The molecule has 1 aromatic carbocycles. The van der Waals surface area contributed by atoms with Crippen molar-refractivity contribution in [1.29, 1.82) is 0 Å². The summed E-state index contributed by atoms with van der Waals surface area (Å²) in [5, 5.41) is 0. The summed E-state index contributed by atoms with van der Waals surface area (Å²) in [5.74, 6) is 1.64. The summed E-state index contributed by atoms with van der Waals surface area (Å²) in [6.45, 7) is 7.45. The van der Waals surface area contributed by atoms with Crippen LogP contribution in [-0.2, 0) is 19.5 Å². The molecule has 0 atom stereocenters. The Morgan fingerprint density at radius 1 is 1.07 bits per heavy atom. The van der Waals surface area contributed by atoms with Crippen LogP contribution in [0.5, 0.6) is 11.5 Å². The second-order valence-electron chi connectivity index (χ2n) is 6.79. The summed E-state index contributed by atoms with van der Waals surface area (Å²) in [7, 11) is 0. The van der Waals surface area contributed by atoms with Crippen LogP contribution in [0, 0.1) is 0 Å². The molecule has 1 aromatic heterocycles. The third-order valence-corrected chi connectivity index (χ3v) is 4.56. The average molecular weight is 373 g/mol. The van der Waals surface area contributed by atoms with E-state index in [0.717, 1.165) is 36.4 Å². The van der Waals surface area contributed by atoms with Gasteiger partial charge >= 0.3 is 5.69 Å². The van der Waals surface area contributed by atoms with Crippen LogP contribution in [0.25, 0.3) is 0 Å². The van der Waals surface area contributed by atoms with Gasteiger partial charge in [0.1, 0.15) is 11.5 Å². The molecule has 0 spiro atoms. The predicted molar refractivity (Wildman–Crippen MR) is 104 cm³/mol. The Balaban J connectivity index is 1.78. The van der Waals surface area contributed by atoms with E-state index in [4.69, 9.17) is 9.47 Å². The molecule has 0 radical (unpaired) electrons. The van der Waals surface area contributed by atoms with Crippen molar-refractivity contribution < 1.29 is 9.47 Å². The molecule has 0 unspecified atom stereocenters. The van der Waals surface area contributed by atoms with E-state index in [0.29, 0.717) is 44.0 Å². The predicted octanol–water partition coefficient (Wildman–Crippen LogP) is 2.20. The number of H-pyrrole nitrogens is 2. The molecule has 0 saturated heterocycles. The van der Waals surface area contributed by atoms with Gasteiger partial charge in [0.2, 0.25) is 0 Å². The van der Waals surface area contributed by atoms with Gasteiger partial charge < -0.3 is 14.5 Å². The fourth-order valence-corrected chi connectivity index (χ4v) is 3.23. The topological polar surface area (TPSA) is 87.4 Å². The molecule has 0 fully saturated rings. The number of benzene rings is 1. The van der Waals surface area contributed by atoms with Crippen LogP contribution in [0.3, 0.4) is 0 Å². The van der Waals surface area contributed by atoms with Crippen molar-refractivity contribution in [3.63, 3.8) is 0 Å². The standard InChI is InChI=1S/C20H27N3O4/c1-3-9-26-15-6-5-14(18(11-15)27-10-4-2)12-23-8-7-16-17(13-23)21-20(25)22-19(16)24/h5-6,11H,3-4,7-10,12-13H2,1-2H3,(H2,21,22,24,25). The van der Waals surface area contributed by atoms with E-state index in [-0.39, 0.29) is 5.56 Å². The van der Waals surface area contributed by atoms with E-state index >= 15 is 0 Å². The fourth-order valence-electron chi connectivity index (χ4n) is 3.23. The van der Waals surface area contributed by atoms with Crippen LogP contribution in [0.4, 0.5) is 0 Å². The Morgan fingerprint density at radius 2 is 1.85 bits per heavy atom. The molecule has 0 bridgehead atoms. The lowest BCUT2D eigenvalue weighted by Gasteiger charge is -2.28. The quantitative estimate of drug-likeness (QED) is 0.741. The van der Waals surface area contributed by atoms with Crippen LogP contribution in [0.15, 0.2) is 27.8 Å². The molecule has 0 amide bonds. The Labute approximate surface area is 158 Å². The van der Waals surface area contributed by atoms with Gasteiger partial charge in [-0.1, -0.05) is 19.9 Å². The molecule has 7 nitrogen and oxygen atoms in total. The Morgan fingerprint density at radius 3 is 2.63 bits per heavy atom.